The van der Waals surface area contributed by atoms with Crippen molar-refractivity contribution in [1.82, 2.24) is 20.2 Å². The second kappa shape index (κ2) is 12.6. The summed E-state index contributed by atoms with van der Waals surface area (Å²) in [7, 11) is 0. The van der Waals surface area contributed by atoms with Gasteiger partial charge in [0.15, 0.2) is 10.8 Å². The highest BCUT2D eigenvalue weighted by atomic mass is 32.2. The van der Waals surface area contributed by atoms with Crippen molar-refractivity contribution < 1.29 is 38.8 Å². The second-order valence-electron chi connectivity index (χ2n) is 8.53. The highest BCUT2D eigenvalue weighted by molar-refractivity contribution is 8.01. The van der Waals surface area contributed by atoms with Crippen molar-refractivity contribution >= 4 is 81.1 Å². The summed E-state index contributed by atoms with van der Waals surface area (Å²) in [5.41, 5.74) is 17.6. The van der Waals surface area contributed by atoms with Crippen LogP contribution in [0.2, 0.25) is 0 Å². The number of aliphatic carboxylic acids is 2. The molecule has 19 heteroatoms. The number of nitrogen functional groups attached to an aromatic ring is 3. The van der Waals surface area contributed by atoms with Crippen LogP contribution in [0.4, 0.5) is 16.8 Å². The number of carbonyl (C=O) groups is 4. The summed E-state index contributed by atoms with van der Waals surface area (Å²) in [5.74, 6) is -2.69. The van der Waals surface area contributed by atoms with Crippen LogP contribution >= 0.6 is 34.9 Å². The van der Waals surface area contributed by atoms with Crippen LogP contribution in [-0.4, -0.2) is 84.1 Å². The van der Waals surface area contributed by atoms with Crippen LogP contribution in [0, 0.1) is 0 Å². The van der Waals surface area contributed by atoms with Crippen molar-refractivity contribution in [3.8, 4) is 0 Å². The lowest BCUT2D eigenvalue weighted by Crippen LogP contribution is -2.71. The van der Waals surface area contributed by atoms with E-state index in [-0.39, 0.29) is 52.6 Å². The van der Waals surface area contributed by atoms with Gasteiger partial charge in [0.1, 0.15) is 29.4 Å². The van der Waals surface area contributed by atoms with Gasteiger partial charge in [-0.15, -0.1) is 23.1 Å². The largest absolute Gasteiger partial charge is 0.481 e. The molecule has 2 aromatic heterocycles. The summed E-state index contributed by atoms with van der Waals surface area (Å²) in [6.45, 7) is 2.11. The number of nitrogens with two attached hydrogens (primary N) is 3. The SMILES string of the molecule is CC[n+]1c(N)cc(N)nc1SCC1=C(C(=O)O)N2C(=O)C(NC(=O)/C(=N\OCCC(=O)O)c3csc(N)n3)[C@H]2SC1. The highest BCUT2D eigenvalue weighted by Crippen LogP contribution is 2.41. The zero-order chi connectivity index (χ0) is 29.8. The molecule has 4 rings (SSSR count). The molecule has 41 heavy (non-hydrogen) atoms. The van der Waals surface area contributed by atoms with E-state index in [1.165, 1.54) is 35.0 Å². The van der Waals surface area contributed by atoms with E-state index < -0.39 is 35.2 Å². The molecular weight excluding hydrogens is 598 g/mol. The van der Waals surface area contributed by atoms with Crippen LogP contribution in [0.25, 0.3) is 0 Å². The number of oxime groups is 1. The maximum atomic E-state index is 13.1. The van der Waals surface area contributed by atoms with Crippen LogP contribution in [0.3, 0.4) is 0 Å². The number of carbonyl (C=O) groups excluding carboxylic acids is 2. The fourth-order valence-electron chi connectivity index (χ4n) is 3.97. The smallest absolute Gasteiger partial charge is 0.352 e. The first-order valence-corrected chi connectivity index (χ1v) is 14.9. The number of hydrogen-bond acceptors (Lipinski definition) is 14. The minimum Gasteiger partial charge on any atom is -0.481 e. The van der Waals surface area contributed by atoms with Crippen LogP contribution in [0.5, 0.6) is 0 Å². The number of aromatic nitrogens is 3. The Balaban J connectivity index is 1.50. The van der Waals surface area contributed by atoms with Gasteiger partial charge in [-0.3, -0.25) is 19.3 Å². The molecule has 9 N–H and O–H groups in total. The highest BCUT2D eigenvalue weighted by Gasteiger charge is 2.54. The third-order valence-electron chi connectivity index (χ3n) is 5.83. The summed E-state index contributed by atoms with van der Waals surface area (Å²) in [5, 5.41) is 26.5. The van der Waals surface area contributed by atoms with Crippen molar-refractivity contribution in [3.05, 3.63) is 28.4 Å². The molecule has 0 radical (unpaired) electrons. The number of amides is 2. The number of nitrogens with zero attached hydrogens (tertiary/aromatic N) is 5. The van der Waals surface area contributed by atoms with Gasteiger partial charge in [-0.05, 0) is 24.3 Å². The number of thiazole rings is 1. The van der Waals surface area contributed by atoms with Gasteiger partial charge in [-0.2, -0.15) is 0 Å². The summed E-state index contributed by atoms with van der Waals surface area (Å²) in [6, 6.07) is 0.486. The molecule has 16 nitrogen and oxygen atoms in total. The van der Waals surface area contributed by atoms with E-state index in [2.05, 4.69) is 20.4 Å². The molecule has 2 aliphatic heterocycles. The number of nitrogens with one attached hydrogen (secondary N) is 1. The molecular formula is C22H26N9O7S3+. The van der Waals surface area contributed by atoms with Crippen LogP contribution in [0.15, 0.2) is 33.0 Å². The zero-order valence-corrected chi connectivity index (χ0v) is 23.9. The summed E-state index contributed by atoms with van der Waals surface area (Å²) < 4.78 is 1.74. The number of rotatable bonds is 12. The van der Waals surface area contributed by atoms with Crippen LogP contribution in [0.1, 0.15) is 19.0 Å². The predicted octanol–water partition coefficient (Wildman–Crippen LogP) is -0.682. The standard InChI is InChI=1S/C22H25N9O7S3/c1-2-30-12(24)5-11(23)27-22(30)41-7-9-6-39-19-15(18(35)31(19)16(9)20(36)37)28-17(34)14(10-8-40-21(25)26-10)29-38-4-3-13(32)33/h5,8,15,19H,2-4,6-7H2,1H3,(H8,23,24,25,26,28,32,33,34,36,37)/p+1/b29-14-/t15?,19-/m1/s1. The molecule has 2 aromatic rings. The number of carboxylic acid groups (broad SMARTS) is 2. The first-order chi connectivity index (χ1) is 19.5. The molecule has 0 aromatic carbocycles. The van der Waals surface area contributed by atoms with E-state index in [9.17, 15) is 24.3 Å². The van der Waals surface area contributed by atoms with Gasteiger partial charge >= 0.3 is 17.1 Å². The first kappa shape index (κ1) is 29.9. The Bertz CT molecular complexity index is 1460. The van der Waals surface area contributed by atoms with Gasteiger partial charge in [0, 0.05) is 16.9 Å². The third kappa shape index (κ3) is 6.46. The van der Waals surface area contributed by atoms with Crippen molar-refractivity contribution in [2.24, 2.45) is 5.16 Å². The second-order valence-corrected chi connectivity index (χ2v) is 11.5. The minimum absolute atomic E-state index is 0.0748. The van der Waals surface area contributed by atoms with E-state index in [1.54, 1.807) is 4.57 Å². The Labute approximate surface area is 245 Å². The Kier molecular flexibility index (Phi) is 9.18. The predicted molar refractivity (Wildman–Crippen MR) is 151 cm³/mol. The van der Waals surface area contributed by atoms with Gasteiger partial charge in [0.2, 0.25) is 11.6 Å². The molecule has 2 atom stereocenters. The first-order valence-electron chi connectivity index (χ1n) is 11.9. The molecule has 1 fully saturated rings. The van der Waals surface area contributed by atoms with Gasteiger partial charge in [0.25, 0.3) is 11.8 Å². The Morgan fingerprint density at radius 2 is 2.05 bits per heavy atom. The normalized spacial score (nSPS) is 18.5. The molecule has 0 aliphatic carbocycles. The third-order valence-corrected chi connectivity index (χ3v) is 8.91. The summed E-state index contributed by atoms with van der Waals surface area (Å²) in [4.78, 5) is 63.6. The Morgan fingerprint density at radius 1 is 1.29 bits per heavy atom. The van der Waals surface area contributed by atoms with E-state index in [1.807, 2.05) is 6.92 Å². The Morgan fingerprint density at radius 3 is 2.68 bits per heavy atom. The molecule has 2 aliphatic rings. The molecule has 218 valence electrons. The molecule has 1 saturated heterocycles. The van der Waals surface area contributed by atoms with Gasteiger partial charge in [0.05, 0.1) is 19.0 Å². The van der Waals surface area contributed by atoms with E-state index in [4.69, 9.17) is 27.1 Å². The average Bonchev–Trinajstić information content (AvgIpc) is 3.34. The van der Waals surface area contributed by atoms with E-state index in [0.29, 0.717) is 23.1 Å². The quantitative estimate of drug-likeness (QED) is 0.0325. The Hall–Kier alpha value is -4.10. The molecule has 2 amide bonds. The zero-order valence-electron chi connectivity index (χ0n) is 21.5. The number of hydrogen-bond donors (Lipinski definition) is 6. The van der Waals surface area contributed by atoms with Crippen molar-refractivity contribution in [1.29, 1.82) is 0 Å². The molecule has 4 heterocycles. The molecule has 0 saturated carbocycles. The van der Waals surface area contributed by atoms with Crippen LogP contribution in [-0.2, 0) is 30.6 Å². The molecule has 0 spiro atoms. The van der Waals surface area contributed by atoms with Gasteiger partial charge in [-0.25, -0.2) is 14.3 Å². The minimum atomic E-state index is -1.28. The molecule has 1 unspecified atom stereocenters. The fraction of sp³-hybridized carbons (Fsp3) is 0.364. The lowest BCUT2D eigenvalue weighted by molar-refractivity contribution is -0.719. The van der Waals surface area contributed by atoms with Crippen molar-refractivity contribution in [2.75, 3.05) is 35.3 Å². The monoisotopic (exact) mass is 624 g/mol. The number of fused-ring (bicyclic) bond motifs is 1. The summed E-state index contributed by atoms with van der Waals surface area (Å²) >= 11 is 3.59. The maximum absolute atomic E-state index is 13.1. The van der Waals surface area contributed by atoms with Crippen LogP contribution < -0.4 is 27.1 Å². The van der Waals surface area contributed by atoms with E-state index >= 15 is 0 Å². The lowest BCUT2D eigenvalue weighted by Gasteiger charge is -2.49. The number of anilines is 3. The van der Waals surface area contributed by atoms with Gasteiger partial charge in [-0.1, -0.05) is 10.1 Å². The number of β-lactam (4-membered cyclic amide) rings is 1. The van der Waals surface area contributed by atoms with Crippen molar-refractivity contribution in [3.63, 3.8) is 0 Å². The topological polar surface area (TPSA) is 253 Å². The maximum Gasteiger partial charge on any atom is 0.352 e. The van der Waals surface area contributed by atoms with E-state index in [0.717, 1.165) is 16.2 Å². The van der Waals surface area contributed by atoms with Crippen molar-refractivity contribution in [2.45, 2.75) is 36.5 Å². The van der Waals surface area contributed by atoms with Gasteiger partial charge < -0.3 is 37.6 Å². The lowest BCUT2D eigenvalue weighted by atomic mass is 10.0. The molecule has 0 bridgehead atoms. The number of thioether (sulfide) groups is 2. The number of carboxylic acids is 2. The fourth-order valence-corrected chi connectivity index (χ4v) is 7.10. The summed E-state index contributed by atoms with van der Waals surface area (Å²) in [6.07, 6.45) is -0.350. The average molecular weight is 625 g/mol.